The zero-order chi connectivity index (χ0) is 19.3. The Labute approximate surface area is 151 Å². The summed E-state index contributed by atoms with van der Waals surface area (Å²) in [4.78, 5) is 10.4. The number of rotatable bonds is 4. The third-order valence-corrected chi connectivity index (χ3v) is 3.69. The summed E-state index contributed by atoms with van der Waals surface area (Å²) in [6.07, 6.45) is 1.27. The first kappa shape index (κ1) is 18.7. The van der Waals surface area contributed by atoms with Crippen molar-refractivity contribution in [2.24, 2.45) is 0 Å². The SMILES string of the molecule is CC(C)(C)c1ccc(Oc2ccc([N+](=O)[O-])cc2C=C(C#N)C#N)cc1. The topological polar surface area (TPSA) is 99.9 Å². The van der Waals surface area contributed by atoms with Gasteiger partial charge in [0, 0.05) is 17.7 Å². The fourth-order valence-corrected chi connectivity index (χ4v) is 2.25. The van der Waals surface area contributed by atoms with E-state index in [2.05, 4.69) is 20.8 Å². The molecule has 0 heterocycles. The molecule has 0 saturated carbocycles. The third kappa shape index (κ3) is 4.46. The van der Waals surface area contributed by atoms with Gasteiger partial charge in [-0.25, -0.2) is 0 Å². The van der Waals surface area contributed by atoms with E-state index in [1.165, 1.54) is 24.3 Å². The molecule has 6 nitrogen and oxygen atoms in total. The Morgan fingerprint density at radius 3 is 2.23 bits per heavy atom. The zero-order valence-corrected chi connectivity index (χ0v) is 14.7. The Morgan fingerprint density at radius 2 is 1.73 bits per heavy atom. The number of hydrogen-bond donors (Lipinski definition) is 0. The van der Waals surface area contributed by atoms with Gasteiger partial charge in [-0.1, -0.05) is 32.9 Å². The van der Waals surface area contributed by atoms with Crippen LogP contribution in [0.3, 0.4) is 0 Å². The number of non-ortho nitro benzene ring substituents is 1. The molecule has 0 spiro atoms. The molecular weight excluding hydrogens is 330 g/mol. The average molecular weight is 347 g/mol. The first-order valence-corrected chi connectivity index (χ1v) is 7.83. The summed E-state index contributed by atoms with van der Waals surface area (Å²) in [6, 6.07) is 15.0. The molecule has 0 bridgehead atoms. The average Bonchev–Trinajstić information content (AvgIpc) is 2.60. The molecule has 2 aromatic rings. The van der Waals surface area contributed by atoms with E-state index in [-0.39, 0.29) is 22.2 Å². The van der Waals surface area contributed by atoms with Crippen LogP contribution >= 0.6 is 0 Å². The third-order valence-electron chi connectivity index (χ3n) is 3.69. The molecule has 0 N–H and O–H groups in total. The number of benzene rings is 2. The molecule has 130 valence electrons. The molecule has 26 heavy (non-hydrogen) atoms. The van der Waals surface area contributed by atoms with E-state index >= 15 is 0 Å². The van der Waals surface area contributed by atoms with Crippen molar-refractivity contribution in [2.45, 2.75) is 26.2 Å². The van der Waals surface area contributed by atoms with Gasteiger partial charge in [0.1, 0.15) is 29.2 Å². The maximum absolute atomic E-state index is 11.0. The monoisotopic (exact) mass is 347 g/mol. The lowest BCUT2D eigenvalue weighted by Crippen LogP contribution is -2.10. The van der Waals surface area contributed by atoms with Crippen molar-refractivity contribution < 1.29 is 9.66 Å². The standard InChI is InChI=1S/C20H17N3O3/c1-20(2,3)16-4-7-18(8-5-16)26-19-9-6-17(23(24)25)11-15(19)10-14(12-21)13-22/h4-11H,1-3H3. The molecule has 0 fully saturated rings. The van der Waals surface area contributed by atoms with Gasteiger partial charge in [-0.2, -0.15) is 10.5 Å². The molecule has 2 rings (SSSR count). The zero-order valence-electron chi connectivity index (χ0n) is 14.7. The highest BCUT2D eigenvalue weighted by atomic mass is 16.6. The Bertz CT molecular complexity index is 924. The van der Waals surface area contributed by atoms with Crippen molar-refractivity contribution in [3.63, 3.8) is 0 Å². The van der Waals surface area contributed by atoms with Gasteiger partial charge in [-0.05, 0) is 35.3 Å². The lowest BCUT2D eigenvalue weighted by Gasteiger charge is -2.19. The molecule has 0 aliphatic heterocycles. The van der Waals surface area contributed by atoms with E-state index in [9.17, 15) is 10.1 Å². The molecule has 0 aliphatic carbocycles. The highest BCUT2D eigenvalue weighted by Crippen LogP contribution is 2.32. The fraction of sp³-hybridized carbons (Fsp3) is 0.200. The fourth-order valence-electron chi connectivity index (χ4n) is 2.25. The van der Waals surface area contributed by atoms with Crippen LogP contribution in [0.4, 0.5) is 5.69 Å². The highest BCUT2D eigenvalue weighted by molar-refractivity contribution is 5.68. The first-order chi connectivity index (χ1) is 12.2. The maximum atomic E-state index is 11.0. The number of hydrogen-bond acceptors (Lipinski definition) is 5. The van der Waals surface area contributed by atoms with E-state index < -0.39 is 4.92 Å². The molecule has 0 radical (unpaired) electrons. The van der Waals surface area contributed by atoms with Crippen molar-refractivity contribution in [3.8, 4) is 23.6 Å². The van der Waals surface area contributed by atoms with Crippen LogP contribution in [-0.4, -0.2) is 4.92 Å². The molecule has 0 aromatic heterocycles. The first-order valence-electron chi connectivity index (χ1n) is 7.83. The Balaban J connectivity index is 2.43. The van der Waals surface area contributed by atoms with E-state index in [1.54, 1.807) is 12.1 Å². The molecule has 2 aromatic carbocycles. The quantitative estimate of drug-likeness (QED) is 0.434. The van der Waals surface area contributed by atoms with Gasteiger partial charge in [0.25, 0.3) is 5.69 Å². The Morgan fingerprint density at radius 1 is 1.12 bits per heavy atom. The van der Waals surface area contributed by atoms with E-state index in [0.29, 0.717) is 11.5 Å². The van der Waals surface area contributed by atoms with Crippen LogP contribution in [0, 0.1) is 32.8 Å². The molecule has 0 unspecified atom stereocenters. The normalized spacial score (nSPS) is 10.3. The van der Waals surface area contributed by atoms with Crippen LogP contribution in [0.1, 0.15) is 31.9 Å². The molecule has 0 saturated heterocycles. The predicted molar refractivity (Wildman–Crippen MR) is 97.5 cm³/mol. The number of ether oxygens (including phenoxy) is 1. The minimum atomic E-state index is -0.544. The summed E-state index contributed by atoms with van der Waals surface area (Å²) in [5.41, 5.74) is 1.12. The van der Waals surface area contributed by atoms with Gasteiger partial charge < -0.3 is 4.74 Å². The minimum absolute atomic E-state index is 0.00821. The number of nitriles is 2. The molecular formula is C20H17N3O3. The minimum Gasteiger partial charge on any atom is -0.457 e. The largest absolute Gasteiger partial charge is 0.457 e. The van der Waals surface area contributed by atoms with E-state index in [0.717, 1.165) is 5.56 Å². The predicted octanol–water partition coefficient (Wildman–Crippen LogP) is 5.12. The lowest BCUT2D eigenvalue weighted by molar-refractivity contribution is -0.384. The van der Waals surface area contributed by atoms with E-state index in [1.807, 2.05) is 24.3 Å². The molecule has 0 atom stereocenters. The second-order valence-corrected chi connectivity index (χ2v) is 6.64. The second-order valence-electron chi connectivity index (χ2n) is 6.64. The molecule has 6 heteroatoms. The number of nitro groups is 1. The molecule has 0 aliphatic rings. The van der Waals surface area contributed by atoms with Crippen LogP contribution in [0.15, 0.2) is 48.0 Å². The second kappa shape index (κ2) is 7.50. The molecule has 0 amide bonds. The van der Waals surface area contributed by atoms with Crippen LogP contribution < -0.4 is 4.74 Å². The Kier molecular flexibility index (Phi) is 5.39. The summed E-state index contributed by atoms with van der Waals surface area (Å²) >= 11 is 0. The van der Waals surface area contributed by atoms with Crippen molar-refractivity contribution >= 4 is 11.8 Å². The Hall–Kier alpha value is -3.64. The summed E-state index contributed by atoms with van der Waals surface area (Å²) in [7, 11) is 0. The summed E-state index contributed by atoms with van der Waals surface area (Å²) in [6.45, 7) is 6.31. The van der Waals surface area contributed by atoms with Crippen LogP contribution in [-0.2, 0) is 5.41 Å². The van der Waals surface area contributed by atoms with E-state index in [4.69, 9.17) is 15.3 Å². The van der Waals surface area contributed by atoms with Gasteiger partial charge in [0.15, 0.2) is 0 Å². The van der Waals surface area contributed by atoms with Gasteiger partial charge in [0.2, 0.25) is 0 Å². The van der Waals surface area contributed by atoms with Crippen molar-refractivity contribution in [2.75, 3.05) is 0 Å². The number of nitro benzene ring substituents is 1. The van der Waals surface area contributed by atoms with Crippen molar-refractivity contribution in [3.05, 3.63) is 69.3 Å². The van der Waals surface area contributed by atoms with Gasteiger partial charge in [-0.15, -0.1) is 0 Å². The lowest BCUT2D eigenvalue weighted by atomic mass is 9.87. The summed E-state index contributed by atoms with van der Waals surface area (Å²) in [5, 5.41) is 28.9. The van der Waals surface area contributed by atoms with Gasteiger partial charge >= 0.3 is 0 Å². The van der Waals surface area contributed by atoms with Crippen molar-refractivity contribution in [1.82, 2.24) is 0 Å². The van der Waals surface area contributed by atoms with Gasteiger partial charge in [-0.3, -0.25) is 10.1 Å². The summed E-state index contributed by atoms with van der Waals surface area (Å²) < 4.78 is 5.82. The van der Waals surface area contributed by atoms with Crippen LogP contribution in [0.25, 0.3) is 6.08 Å². The van der Waals surface area contributed by atoms with Crippen molar-refractivity contribution in [1.29, 1.82) is 10.5 Å². The summed E-state index contributed by atoms with van der Waals surface area (Å²) in [5.74, 6) is 0.874. The van der Waals surface area contributed by atoms with Crippen LogP contribution in [0.5, 0.6) is 11.5 Å². The van der Waals surface area contributed by atoms with Gasteiger partial charge in [0.05, 0.1) is 4.92 Å². The van der Waals surface area contributed by atoms with Crippen LogP contribution in [0.2, 0.25) is 0 Å². The highest BCUT2D eigenvalue weighted by Gasteiger charge is 2.15. The smallest absolute Gasteiger partial charge is 0.270 e. The number of nitrogens with zero attached hydrogens (tertiary/aromatic N) is 3. The maximum Gasteiger partial charge on any atom is 0.270 e. The number of allylic oxidation sites excluding steroid dienone is 1.